The maximum atomic E-state index is 11.9. The van der Waals surface area contributed by atoms with Crippen LogP contribution < -0.4 is 4.72 Å². The molecule has 0 saturated carbocycles. The molecule has 0 amide bonds. The molecule has 0 aliphatic carbocycles. The van der Waals surface area contributed by atoms with E-state index >= 15 is 0 Å². The first kappa shape index (κ1) is 16.8. The Bertz CT molecular complexity index is 798. The van der Waals surface area contributed by atoms with E-state index in [-0.39, 0.29) is 12.2 Å². The summed E-state index contributed by atoms with van der Waals surface area (Å²) < 4.78 is 29.8. The van der Waals surface area contributed by atoms with Crippen LogP contribution in [0.2, 0.25) is 0 Å². The number of sulfonamides is 1. The molecule has 6 heteroatoms. The van der Waals surface area contributed by atoms with Gasteiger partial charge in [-0.05, 0) is 29.8 Å². The number of hydrogen-bond donors (Lipinski definition) is 1. The van der Waals surface area contributed by atoms with Crippen molar-refractivity contribution in [2.75, 3.05) is 17.6 Å². The normalized spacial score (nSPS) is 11.3. The van der Waals surface area contributed by atoms with Crippen molar-refractivity contribution >= 4 is 27.8 Å². The minimum Gasteiger partial charge on any atom is -0.458 e. The summed E-state index contributed by atoms with van der Waals surface area (Å²) in [5, 5.41) is 0. The van der Waals surface area contributed by atoms with Crippen LogP contribution in [0.4, 0.5) is 5.69 Å². The Balaban J connectivity index is 1.93. The lowest BCUT2D eigenvalue weighted by Crippen LogP contribution is -2.11. The molecule has 2 aromatic carbocycles. The zero-order valence-electron chi connectivity index (χ0n) is 12.6. The van der Waals surface area contributed by atoms with Crippen LogP contribution in [0, 0.1) is 0 Å². The Morgan fingerprint density at radius 1 is 1.13 bits per heavy atom. The topological polar surface area (TPSA) is 72.5 Å². The lowest BCUT2D eigenvalue weighted by atomic mass is 10.2. The highest BCUT2D eigenvalue weighted by atomic mass is 32.2. The van der Waals surface area contributed by atoms with E-state index < -0.39 is 16.0 Å². The van der Waals surface area contributed by atoms with Crippen molar-refractivity contribution in [2.24, 2.45) is 0 Å². The largest absolute Gasteiger partial charge is 0.458 e. The predicted molar refractivity (Wildman–Crippen MR) is 90.7 cm³/mol. The van der Waals surface area contributed by atoms with Gasteiger partial charge in [0.1, 0.15) is 6.61 Å². The summed E-state index contributed by atoms with van der Waals surface area (Å²) in [7, 11) is -3.38. The van der Waals surface area contributed by atoms with Crippen LogP contribution in [0.15, 0.2) is 60.7 Å². The molecule has 5 nitrogen and oxygen atoms in total. The van der Waals surface area contributed by atoms with Gasteiger partial charge in [0.2, 0.25) is 10.0 Å². The van der Waals surface area contributed by atoms with E-state index in [1.807, 2.05) is 36.4 Å². The lowest BCUT2D eigenvalue weighted by Gasteiger charge is -2.06. The summed E-state index contributed by atoms with van der Waals surface area (Å²) in [5.41, 5.74) is 1.62. The standard InChI is InChI=1S/C17H17NO4S/c1-23(20,21)18-16-11-5-10-15(13-16)17(19)22-12-6-9-14-7-3-2-4-8-14/h2-11,13,18H,12H2,1H3. The van der Waals surface area contributed by atoms with Gasteiger partial charge in [0.25, 0.3) is 0 Å². The van der Waals surface area contributed by atoms with Crippen LogP contribution in [-0.2, 0) is 14.8 Å². The van der Waals surface area contributed by atoms with Gasteiger partial charge in [-0.2, -0.15) is 0 Å². The molecule has 1 N–H and O–H groups in total. The number of carbonyl (C=O) groups is 1. The van der Waals surface area contributed by atoms with Crippen LogP contribution in [0.25, 0.3) is 6.08 Å². The molecule has 2 aromatic rings. The zero-order valence-corrected chi connectivity index (χ0v) is 13.4. The molecule has 2 rings (SSSR count). The quantitative estimate of drug-likeness (QED) is 0.826. The zero-order chi connectivity index (χ0) is 16.7. The van der Waals surface area contributed by atoms with E-state index in [4.69, 9.17) is 4.74 Å². The Morgan fingerprint density at radius 3 is 2.57 bits per heavy atom. The average Bonchev–Trinajstić information content (AvgIpc) is 2.51. The molecule has 0 aromatic heterocycles. The van der Waals surface area contributed by atoms with Gasteiger partial charge >= 0.3 is 5.97 Å². The lowest BCUT2D eigenvalue weighted by molar-refractivity contribution is 0.0550. The van der Waals surface area contributed by atoms with Crippen molar-refractivity contribution in [2.45, 2.75) is 0 Å². The van der Waals surface area contributed by atoms with Gasteiger partial charge in [-0.3, -0.25) is 4.72 Å². The third-order valence-corrected chi connectivity index (χ3v) is 3.43. The highest BCUT2D eigenvalue weighted by Gasteiger charge is 2.08. The molecule has 0 atom stereocenters. The molecule has 120 valence electrons. The molecule has 0 saturated heterocycles. The van der Waals surface area contributed by atoms with E-state index in [0.717, 1.165) is 11.8 Å². The number of benzene rings is 2. The first-order chi connectivity index (χ1) is 10.9. The van der Waals surface area contributed by atoms with Gasteiger partial charge in [-0.25, -0.2) is 13.2 Å². The molecule has 23 heavy (non-hydrogen) atoms. The predicted octanol–water partition coefficient (Wildman–Crippen LogP) is 2.93. The third-order valence-electron chi connectivity index (χ3n) is 2.82. The Hall–Kier alpha value is -2.60. The Kier molecular flexibility index (Phi) is 5.54. The van der Waals surface area contributed by atoms with Crippen LogP contribution in [0.1, 0.15) is 15.9 Å². The number of rotatable bonds is 6. The molecule has 0 aliphatic rings. The van der Waals surface area contributed by atoms with Gasteiger partial charge in [0.05, 0.1) is 11.8 Å². The second kappa shape index (κ2) is 7.60. The molecular weight excluding hydrogens is 314 g/mol. The first-order valence-electron chi connectivity index (χ1n) is 6.90. The van der Waals surface area contributed by atoms with Crippen LogP contribution in [0.5, 0.6) is 0 Å². The van der Waals surface area contributed by atoms with Gasteiger partial charge in [0.15, 0.2) is 0 Å². The van der Waals surface area contributed by atoms with E-state index in [0.29, 0.717) is 5.69 Å². The fourth-order valence-electron chi connectivity index (χ4n) is 1.88. The van der Waals surface area contributed by atoms with Gasteiger partial charge in [-0.15, -0.1) is 0 Å². The molecule has 0 unspecified atom stereocenters. The highest BCUT2D eigenvalue weighted by Crippen LogP contribution is 2.13. The number of anilines is 1. The average molecular weight is 331 g/mol. The summed E-state index contributed by atoms with van der Waals surface area (Å²) in [6.45, 7) is 0.136. The number of nitrogens with one attached hydrogen (secondary N) is 1. The van der Waals surface area contributed by atoms with Gasteiger partial charge in [-0.1, -0.05) is 42.5 Å². The molecule has 0 fully saturated rings. The van der Waals surface area contributed by atoms with E-state index in [1.54, 1.807) is 24.3 Å². The first-order valence-corrected chi connectivity index (χ1v) is 8.80. The summed E-state index contributed by atoms with van der Waals surface area (Å²) in [5.74, 6) is -0.514. The smallest absolute Gasteiger partial charge is 0.338 e. The second-order valence-corrected chi connectivity index (χ2v) is 6.62. The van der Waals surface area contributed by atoms with Crippen molar-refractivity contribution in [1.82, 2.24) is 0 Å². The van der Waals surface area contributed by atoms with E-state index in [9.17, 15) is 13.2 Å². The summed E-state index contributed by atoms with van der Waals surface area (Å²) in [4.78, 5) is 11.9. The maximum absolute atomic E-state index is 11.9. The number of hydrogen-bond acceptors (Lipinski definition) is 4. The number of carbonyl (C=O) groups excluding carboxylic acids is 1. The van der Waals surface area contributed by atoms with Gasteiger partial charge < -0.3 is 4.74 Å². The van der Waals surface area contributed by atoms with Crippen LogP contribution in [-0.4, -0.2) is 27.2 Å². The number of esters is 1. The van der Waals surface area contributed by atoms with Crippen molar-refractivity contribution in [1.29, 1.82) is 0 Å². The maximum Gasteiger partial charge on any atom is 0.338 e. The molecule has 0 spiro atoms. The van der Waals surface area contributed by atoms with E-state index in [2.05, 4.69) is 4.72 Å². The molecule has 0 aliphatic heterocycles. The van der Waals surface area contributed by atoms with Gasteiger partial charge in [0, 0.05) is 5.69 Å². The fourth-order valence-corrected chi connectivity index (χ4v) is 2.43. The van der Waals surface area contributed by atoms with Crippen LogP contribution in [0.3, 0.4) is 0 Å². The number of ether oxygens (including phenoxy) is 1. The van der Waals surface area contributed by atoms with Crippen LogP contribution >= 0.6 is 0 Å². The summed E-state index contributed by atoms with van der Waals surface area (Å²) in [6, 6.07) is 15.8. The molecular formula is C17H17NO4S. The summed E-state index contributed by atoms with van der Waals surface area (Å²) >= 11 is 0. The Labute approximate surface area is 135 Å². The minimum absolute atomic E-state index is 0.136. The van der Waals surface area contributed by atoms with Crippen molar-refractivity contribution in [3.8, 4) is 0 Å². The highest BCUT2D eigenvalue weighted by molar-refractivity contribution is 7.92. The SMILES string of the molecule is CS(=O)(=O)Nc1cccc(C(=O)OCC=Cc2ccccc2)c1. The molecule has 0 heterocycles. The minimum atomic E-state index is -3.38. The Morgan fingerprint density at radius 2 is 1.87 bits per heavy atom. The molecule has 0 bridgehead atoms. The van der Waals surface area contributed by atoms with E-state index in [1.165, 1.54) is 6.07 Å². The second-order valence-electron chi connectivity index (χ2n) is 4.87. The summed E-state index contributed by atoms with van der Waals surface area (Å²) in [6.07, 6.45) is 4.65. The third kappa shape index (κ3) is 5.96. The molecule has 0 radical (unpaired) electrons. The monoisotopic (exact) mass is 331 g/mol. The van der Waals surface area contributed by atoms with Crippen molar-refractivity contribution in [3.63, 3.8) is 0 Å². The van der Waals surface area contributed by atoms with Crippen molar-refractivity contribution < 1.29 is 17.9 Å². The van der Waals surface area contributed by atoms with Crippen molar-refractivity contribution in [3.05, 3.63) is 71.8 Å². The fraction of sp³-hybridized carbons (Fsp3) is 0.118.